The van der Waals surface area contributed by atoms with Gasteiger partial charge in [0.05, 0.1) is 22.9 Å². The van der Waals surface area contributed by atoms with Crippen molar-refractivity contribution in [2.75, 3.05) is 6.54 Å². The Kier molecular flexibility index (Phi) is 3.13. The summed E-state index contributed by atoms with van der Waals surface area (Å²) in [6.07, 6.45) is 0. The summed E-state index contributed by atoms with van der Waals surface area (Å²) in [6.45, 7) is 0.169. The first-order valence-electron chi connectivity index (χ1n) is 4.81. The second-order valence-corrected chi connectivity index (χ2v) is 6.41. The summed E-state index contributed by atoms with van der Waals surface area (Å²) >= 11 is 0.638. The molecule has 11 heteroatoms. The molecular weight excluding hydrogens is 296 g/mol. The van der Waals surface area contributed by atoms with E-state index in [9.17, 15) is 23.3 Å². The Morgan fingerprint density at radius 2 is 2.37 bits per heavy atom. The van der Waals surface area contributed by atoms with Gasteiger partial charge < -0.3 is 4.90 Å². The lowest BCUT2D eigenvalue weighted by molar-refractivity contribution is -0.384. The van der Waals surface area contributed by atoms with Gasteiger partial charge in [-0.1, -0.05) is 0 Å². The summed E-state index contributed by atoms with van der Waals surface area (Å²) in [5, 5.41) is 20.0. The lowest BCUT2D eigenvalue weighted by Gasteiger charge is -2.04. The molecule has 1 unspecified atom stereocenters. The third-order valence-electron chi connectivity index (χ3n) is 2.28. The Morgan fingerprint density at radius 3 is 2.84 bits per heavy atom. The molecule has 1 saturated heterocycles. The van der Waals surface area contributed by atoms with Gasteiger partial charge >= 0.3 is 6.03 Å². The van der Waals surface area contributed by atoms with Crippen LogP contribution in [0, 0.1) is 21.4 Å². The second-order valence-electron chi connectivity index (χ2n) is 3.59. The topological polar surface area (TPSA) is 133 Å². The molecule has 0 aromatic carbocycles. The fraction of sp³-hybridized carbons (Fsp3) is 0.250. The van der Waals surface area contributed by atoms with Gasteiger partial charge in [-0.3, -0.25) is 10.1 Å². The molecule has 19 heavy (non-hydrogen) atoms. The number of hydrogen-bond acceptors (Lipinski definition) is 7. The number of carbonyl (C=O) groups is 1. The molecule has 100 valence electrons. The summed E-state index contributed by atoms with van der Waals surface area (Å²) in [7, 11) is -4.15. The van der Waals surface area contributed by atoms with E-state index in [0.717, 1.165) is 16.3 Å². The maximum atomic E-state index is 11.8. The van der Waals surface area contributed by atoms with Crippen molar-refractivity contribution in [3.8, 4) is 6.07 Å². The van der Waals surface area contributed by atoms with Gasteiger partial charge in [0.15, 0.2) is 0 Å². The highest BCUT2D eigenvalue weighted by Crippen LogP contribution is 2.26. The molecular formula is C8H6N4O5S2. The van der Waals surface area contributed by atoms with E-state index in [0.29, 0.717) is 11.3 Å². The van der Waals surface area contributed by atoms with Crippen molar-refractivity contribution in [1.29, 1.82) is 5.26 Å². The number of nitrogens with one attached hydrogen (secondary N) is 1. The Morgan fingerprint density at radius 1 is 1.68 bits per heavy atom. The Balaban J connectivity index is 2.12. The van der Waals surface area contributed by atoms with Crippen LogP contribution in [0.5, 0.6) is 0 Å². The van der Waals surface area contributed by atoms with E-state index in [1.165, 1.54) is 0 Å². The molecule has 2 amide bonds. The van der Waals surface area contributed by atoms with E-state index < -0.39 is 27.0 Å². The zero-order valence-corrected chi connectivity index (χ0v) is 10.8. The number of nitro groups is 1. The molecule has 1 aromatic heterocycles. The van der Waals surface area contributed by atoms with Crippen LogP contribution in [-0.2, 0) is 10.0 Å². The van der Waals surface area contributed by atoms with Crippen molar-refractivity contribution in [3.63, 3.8) is 0 Å². The minimum atomic E-state index is -4.15. The van der Waals surface area contributed by atoms with Crippen molar-refractivity contribution in [2.45, 2.75) is 10.3 Å². The minimum Gasteiger partial charge on any atom is -0.303 e. The van der Waals surface area contributed by atoms with Gasteiger partial charge in [-0.05, 0) is 0 Å². The quantitative estimate of drug-likeness (QED) is 0.483. The number of thiophene rings is 1. The van der Waals surface area contributed by atoms with E-state index in [-0.39, 0.29) is 16.4 Å². The van der Waals surface area contributed by atoms with Gasteiger partial charge in [-0.2, -0.15) is 5.26 Å². The van der Waals surface area contributed by atoms with E-state index in [2.05, 4.69) is 0 Å². The van der Waals surface area contributed by atoms with Crippen LogP contribution in [0.15, 0.2) is 15.7 Å². The maximum Gasteiger partial charge on any atom is 0.332 e. The molecule has 1 aliphatic rings. The summed E-state index contributed by atoms with van der Waals surface area (Å²) in [5.41, 5.74) is -0.362. The molecule has 2 rings (SSSR count). The first kappa shape index (κ1) is 13.2. The maximum absolute atomic E-state index is 11.8. The number of nitrogens with zero attached hydrogens (tertiary/aromatic N) is 3. The van der Waals surface area contributed by atoms with Crippen LogP contribution in [0.1, 0.15) is 0 Å². The lowest BCUT2D eigenvalue weighted by Crippen LogP contribution is -2.34. The van der Waals surface area contributed by atoms with Gasteiger partial charge in [0.1, 0.15) is 10.3 Å². The number of amides is 2. The number of urea groups is 1. The minimum absolute atomic E-state index is 0.169. The van der Waals surface area contributed by atoms with Crippen LogP contribution < -0.4 is 4.72 Å². The molecule has 1 aromatic rings. The monoisotopic (exact) mass is 302 g/mol. The van der Waals surface area contributed by atoms with E-state index >= 15 is 0 Å². The Bertz CT molecular complexity index is 688. The number of sulfonamides is 1. The van der Waals surface area contributed by atoms with Crippen LogP contribution in [-0.4, -0.2) is 36.9 Å². The number of nitriles is 1. The highest BCUT2D eigenvalue weighted by Gasteiger charge is 2.40. The third kappa shape index (κ3) is 2.64. The third-order valence-corrected chi connectivity index (χ3v) is 5.03. The van der Waals surface area contributed by atoms with Crippen molar-refractivity contribution in [3.05, 3.63) is 21.6 Å². The average Bonchev–Trinajstić information content (AvgIpc) is 2.94. The molecule has 1 N–H and O–H groups in total. The first-order valence-corrected chi connectivity index (χ1v) is 7.17. The summed E-state index contributed by atoms with van der Waals surface area (Å²) < 4.78 is 24.9. The van der Waals surface area contributed by atoms with Gasteiger partial charge in [0.2, 0.25) is 0 Å². The summed E-state index contributed by atoms with van der Waals surface area (Å²) in [6, 6.07) is 1.13. The second kappa shape index (κ2) is 4.48. The molecule has 0 bridgehead atoms. The van der Waals surface area contributed by atoms with Crippen LogP contribution >= 0.6 is 11.3 Å². The van der Waals surface area contributed by atoms with Crippen molar-refractivity contribution in [1.82, 2.24) is 9.62 Å². The number of rotatable bonds is 3. The smallest absolute Gasteiger partial charge is 0.303 e. The lowest BCUT2D eigenvalue weighted by atomic mass is 10.5. The standard InChI is InChI=1S/C8H6N4O5S2/c9-2-6-3-11(6)8(13)10-19(16,17)7-1-5(4-18-7)12(14)15/h1,4,6H,3H2,(H,10,13). The molecule has 2 heterocycles. The van der Waals surface area contributed by atoms with Crippen LogP contribution in [0.3, 0.4) is 0 Å². The van der Waals surface area contributed by atoms with E-state index in [4.69, 9.17) is 5.26 Å². The SMILES string of the molecule is N#CC1CN1C(=O)NS(=O)(=O)c1cc([N+](=O)[O-])cs1. The van der Waals surface area contributed by atoms with Gasteiger partial charge in [-0.15, -0.1) is 11.3 Å². The Hall–Kier alpha value is -2.19. The average molecular weight is 302 g/mol. The van der Waals surface area contributed by atoms with Crippen molar-refractivity contribution in [2.24, 2.45) is 0 Å². The predicted octanol–water partition coefficient (Wildman–Crippen LogP) is 0.262. The summed E-state index contributed by atoms with van der Waals surface area (Å²) in [5.74, 6) is 0. The zero-order chi connectivity index (χ0) is 14.2. The fourth-order valence-corrected chi connectivity index (χ4v) is 3.32. The zero-order valence-electron chi connectivity index (χ0n) is 9.14. The molecule has 1 fully saturated rings. The number of carbonyl (C=O) groups excluding carboxylic acids is 1. The first-order chi connectivity index (χ1) is 8.85. The predicted molar refractivity (Wildman–Crippen MR) is 62.8 cm³/mol. The number of hydrogen-bond donors (Lipinski definition) is 1. The largest absolute Gasteiger partial charge is 0.332 e. The Labute approximate surface area is 111 Å². The molecule has 0 aliphatic carbocycles. The molecule has 9 nitrogen and oxygen atoms in total. The molecule has 0 spiro atoms. The summed E-state index contributed by atoms with van der Waals surface area (Å²) in [4.78, 5) is 22.2. The van der Waals surface area contributed by atoms with Crippen molar-refractivity contribution < 1.29 is 18.1 Å². The molecule has 1 aliphatic heterocycles. The molecule has 1 atom stereocenters. The van der Waals surface area contributed by atoms with Crippen molar-refractivity contribution >= 4 is 33.1 Å². The van der Waals surface area contributed by atoms with Gasteiger partial charge in [0, 0.05) is 6.07 Å². The van der Waals surface area contributed by atoms with E-state index in [1.807, 2.05) is 0 Å². The van der Waals surface area contributed by atoms with Crippen LogP contribution in [0.2, 0.25) is 0 Å². The van der Waals surface area contributed by atoms with Crippen LogP contribution in [0.4, 0.5) is 10.5 Å². The molecule has 0 radical (unpaired) electrons. The van der Waals surface area contributed by atoms with Gasteiger partial charge in [-0.25, -0.2) is 17.9 Å². The molecule has 0 saturated carbocycles. The highest BCUT2D eigenvalue weighted by molar-refractivity contribution is 7.92. The highest BCUT2D eigenvalue weighted by atomic mass is 32.2. The van der Waals surface area contributed by atoms with E-state index in [1.54, 1.807) is 10.8 Å². The fourth-order valence-electron chi connectivity index (χ4n) is 1.24. The van der Waals surface area contributed by atoms with Gasteiger partial charge in [0.25, 0.3) is 15.7 Å². The van der Waals surface area contributed by atoms with Crippen LogP contribution in [0.25, 0.3) is 0 Å². The normalized spacial score (nSPS) is 17.6.